The van der Waals surface area contributed by atoms with Gasteiger partial charge in [0.05, 0.1) is 28.9 Å². The first-order chi connectivity index (χ1) is 10.6. The highest BCUT2D eigenvalue weighted by molar-refractivity contribution is 5.89. The number of nitro groups is 1. The van der Waals surface area contributed by atoms with Crippen LogP contribution in [0.2, 0.25) is 0 Å². The number of ether oxygens (including phenoxy) is 1. The van der Waals surface area contributed by atoms with Crippen molar-refractivity contribution in [2.75, 3.05) is 7.11 Å². The summed E-state index contributed by atoms with van der Waals surface area (Å²) in [5.74, 6) is -0.456. The van der Waals surface area contributed by atoms with E-state index < -0.39 is 10.9 Å². The molecular formula is C15H11N3O4. The zero-order valence-electron chi connectivity index (χ0n) is 11.6. The van der Waals surface area contributed by atoms with Crippen LogP contribution in [0.4, 0.5) is 5.69 Å². The Morgan fingerprint density at radius 2 is 2.00 bits per heavy atom. The van der Waals surface area contributed by atoms with E-state index in [1.165, 1.54) is 13.2 Å². The summed E-state index contributed by atoms with van der Waals surface area (Å²) in [5, 5.41) is 11.1. The highest BCUT2D eigenvalue weighted by atomic mass is 16.6. The van der Waals surface area contributed by atoms with Gasteiger partial charge in [-0.25, -0.2) is 9.78 Å². The second kappa shape index (κ2) is 5.28. The van der Waals surface area contributed by atoms with E-state index in [1.54, 1.807) is 47.1 Å². The Morgan fingerprint density at radius 3 is 2.73 bits per heavy atom. The van der Waals surface area contributed by atoms with E-state index in [4.69, 9.17) is 0 Å². The predicted molar refractivity (Wildman–Crippen MR) is 78.6 cm³/mol. The number of benzene rings is 1. The molecule has 0 fully saturated rings. The van der Waals surface area contributed by atoms with Crippen LogP contribution in [-0.2, 0) is 4.74 Å². The van der Waals surface area contributed by atoms with Crippen molar-refractivity contribution in [2.24, 2.45) is 0 Å². The van der Waals surface area contributed by atoms with Gasteiger partial charge in [-0.2, -0.15) is 0 Å². The predicted octanol–water partition coefficient (Wildman–Crippen LogP) is 2.70. The molecule has 0 aliphatic carbocycles. The molecular weight excluding hydrogens is 286 g/mol. The highest BCUT2D eigenvalue weighted by Gasteiger charge is 2.17. The molecule has 0 radical (unpaired) electrons. The first-order valence-corrected chi connectivity index (χ1v) is 6.41. The summed E-state index contributed by atoms with van der Waals surface area (Å²) >= 11 is 0. The van der Waals surface area contributed by atoms with E-state index in [2.05, 4.69) is 9.72 Å². The lowest BCUT2D eigenvalue weighted by atomic mass is 10.1. The number of pyridine rings is 1. The van der Waals surface area contributed by atoms with E-state index in [1.807, 2.05) is 0 Å². The van der Waals surface area contributed by atoms with Crippen LogP contribution < -0.4 is 0 Å². The smallest absolute Gasteiger partial charge is 0.339 e. The van der Waals surface area contributed by atoms with Gasteiger partial charge in [-0.1, -0.05) is 12.1 Å². The van der Waals surface area contributed by atoms with E-state index in [-0.39, 0.29) is 5.69 Å². The van der Waals surface area contributed by atoms with Crippen LogP contribution in [0.3, 0.4) is 0 Å². The number of hydrogen-bond donors (Lipinski definition) is 0. The van der Waals surface area contributed by atoms with Gasteiger partial charge >= 0.3 is 5.97 Å². The molecule has 3 rings (SSSR count). The molecule has 110 valence electrons. The number of aromatic nitrogens is 2. The highest BCUT2D eigenvalue weighted by Crippen LogP contribution is 2.28. The Morgan fingerprint density at radius 1 is 1.23 bits per heavy atom. The van der Waals surface area contributed by atoms with Crippen molar-refractivity contribution in [3.63, 3.8) is 0 Å². The van der Waals surface area contributed by atoms with Gasteiger partial charge in [-0.3, -0.25) is 10.1 Å². The maximum absolute atomic E-state index is 11.5. The number of nitrogens with zero attached hydrogens (tertiary/aromatic N) is 3. The topological polar surface area (TPSA) is 86.7 Å². The fraction of sp³-hybridized carbons (Fsp3) is 0.0667. The Labute approximate surface area is 124 Å². The minimum Gasteiger partial charge on any atom is -0.465 e. The van der Waals surface area contributed by atoms with Crippen LogP contribution >= 0.6 is 0 Å². The quantitative estimate of drug-likeness (QED) is 0.421. The number of methoxy groups -OCH3 is 1. The summed E-state index contributed by atoms with van der Waals surface area (Å²) in [4.78, 5) is 26.5. The molecule has 3 aromatic rings. The number of fused-ring (bicyclic) bond motifs is 1. The first-order valence-electron chi connectivity index (χ1n) is 6.41. The molecule has 0 spiro atoms. The van der Waals surface area contributed by atoms with Gasteiger partial charge in [-0.05, 0) is 18.2 Å². The van der Waals surface area contributed by atoms with Crippen LogP contribution in [0.5, 0.6) is 0 Å². The summed E-state index contributed by atoms with van der Waals surface area (Å²) in [6.07, 6.45) is 3.22. The van der Waals surface area contributed by atoms with Crippen LogP contribution in [0.1, 0.15) is 10.4 Å². The van der Waals surface area contributed by atoms with E-state index in [0.717, 1.165) is 0 Å². The van der Waals surface area contributed by atoms with Gasteiger partial charge in [0, 0.05) is 18.5 Å². The van der Waals surface area contributed by atoms with Gasteiger partial charge in [0.2, 0.25) is 0 Å². The van der Waals surface area contributed by atoms with Crippen molar-refractivity contribution in [3.8, 4) is 11.3 Å². The normalized spacial score (nSPS) is 10.6. The van der Waals surface area contributed by atoms with Gasteiger partial charge in [-0.15, -0.1) is 0 Å². The van der Waals surface area contributed by atoms with Crippen LogP contribution in [0.25, 0.3) is 16.9 Å². The number of para-hydroxylation sites is 1. The standard InChI is InChI=1S/C15H11N3O4/c1-22-15(19)10-6-7-14-16-12(9-17(14)8-10)11-4-2-3-5-13(11)18(20)21/h2-9H,1H3. The van der Waals surface area contributed by atoms with Gasteiger partial charge < -0.3 is 9.14 Å². The summed E-state index contributed by atoms with van der Waals surface area (Å²) in [6.45, 7) is 0. The fourth-order valence-electron chi connectivity index (χ4n) is 2.21. The first kappa shape index (κ1) is 13.7. The number of imidazole rings is 1. The molecule has 0 aliphatic rings. The average Bonchev–Trinajstić information content (AvgIpc) is 2.96. The lowest BCUT2D eigenvalue weighted by Gasteiger charge is -1.99. The monoisotopic (exact) mass is 297 g/mol. The minimum absolute atomic E-state index is 0.0147. The fourth-order valence-corrected chi connectivity index (χ4v) is 2.21. The molecule has 0 aliphatic heterocycles. The summed E-state index contributed by atoms with van der Waals surface area (Å²) in [5.41, 5.74) is 1.84. The molecule has 7 heteroatoms. The number of hydrogen-bond acceptors (Lipinski definition) is 5. The SMILES string of the molecule is COC(=O)c1ccc2nc(-c3ccccc3[N+](=O)[O-])cn2c1. The minimum atomic E-state index is -0.456. The lowest BCUT2D eigenvalue weighted by molar-refractivity contribution is -0.384. The molecule has 2 aromatic heterocycles. The maximum atomic E-state index is 11.5. The summed E-state index contributed by atoms with van der Waals surface area (Å²) < 4.78 is 6.30. The van der Waals surface area contributed by atoms with Crippen molar-refractivity contribution in [3.05, 3.63) is 64.5 Å². The molecule has 7 nitrogen and oxygen atoms in total. The maximum Gasteiger partial charge on any atom is 0.339 e. The van der Waals surface area contributed by atoms with Gasteiger partial charge in [0.1, 0.15) is 5.65 Å². The third-order valence-corrected chi connectivity index (χ3v) is 3.25. The molecule has 0 N–H and O–H groups in total. The van der Waals surface area contributed by atoms with Crippen molar-refractivity contribution in [1.29, 1.82) is 0 Å². The molecule has 22 heavy (non-hydrogen) atoms. The molecule has 2 heterocycles. The van der Waals surface area contributed by atoms with Crippen molar-refractivity contribution in [2.45, 2.75) is 0 Å². The van der Waals surface area contributed by atoms with E-state index >= 15 is 0 Å². The third kappa shape index (κ3) is 2.28. The van der Waals surface area contributed by atoms with Gasteiger partial charge in [0.25, 0.3) is 5.69 Å². The molecule has 0 bridgehead atoms. The molecule has 0 saturated carbocycles. The van der Waals surface area contributed by atoms with Gasteiger partial charge in [0.15, 0.2) is 0 Å². The van der Waals surface area contributed by atoms with Crippen molar-refractivity contribution >= 4 is 17.3 Å². The van der Waals surface area contributed by atoms with Crippen molar-refractivity contribution < 1.29 is 14.5 Å². The molecule has 0 unspecified atom stereocenters. The number of carbonyl (C=O) groups excluding carboxylic acids is 1. The van der Waals surface area contributed by atoms with E-state index in [0.29, 0.717) is 22.5 Å². The lowest BCUT2D eigenvalue weighted by Crippen LogP contribution is -2.02. The van der Waals surface area contributed by atoms with Crippen LogP contribution in [0.15, 0.2) is 48.8 Å². The number of carbonyl (C=O) groups is 1. The summed E-state index contributed by atoms with van der Waals surface area (Å²) in [6, 6.07) is 9.64. The van der Waals surface area contributed by atoms with Crippen LogP contribution in [-0.4, -0.2) is 27.4 Å². The Hall–Kier alpha value is -3.22. The molecule has 0 saturated heterocycles. The Kier molecular flexibility index (Phi) is 3.30. The Bertz CT molecular complexity index is 885. The van der Waals surface area contributed by atoms with Crippen LogP contribution in [0, 0.1) is 10.1 Å². The zero-order valence-corrected chi connectivity index (χ0v) is 11.6. The largest absolute Gasteiger partial charge is 0.465 e. The second-order valence-electron chi connectivity index (χ2n) is 4.58. The zero-order chi connectivity index (χ0) is 15.7. The number of esters is 1. The van der Waals surface area contributed by atoms with Crippen molar-refractivity contribution in [1.82, 2.24) is 9.38 Å². The molecule has 1 aromatic carbocycles. The average molecular weight is 297 g/mol. The third-order valence-electron chi connectivity index (χ3n) is 3.25. The Balaban J connectivity index is 2.13. The molecule has 0 atom stereocenters. The second-order valence-corrected chi connectivity index (χ2v) is 4.58. The number of rotatable bonds is 3. The number of nitro benzene ring substituents is 1. The molecule has 0 amide bonds. The van der Waals surface area contributed by atoms with E-state index in [9.17, 15) is 14.9 Å². The summed E-state index contributed by atoms with van der Waals surface area (Å²) in [7, 11) is 1.30.